The molecule has 1 fully saturated rings. The van der Waals surface area contributed by atoms with Crippen molar-refractivity contribution in [3.8, 4) is 0 Å². The summed E-state index contributed by atoms with van der Waals surface area (Å²) in [5.41, 5.74) is 1.30. The van der Waals surface area contributed by atoms with Gasteiger partial charge in [0.25, 0.3) is 0 Å². The number of aromatic amines is 1. The van der Waals surface area contributed by atoms with Gasteiger partial charge in [0.1, 0.15) is 18.2 Å². The molecule has 24 heavy (non-hydrogen) atoms. The summed E-state index contributed by atoms with van der Waals surface area (Å²) in [7, 11) is 1.69. The molecule has 1 aromatic heterocycles. The SMILES string of the molecule is CN(Cc1nc2ccc(F)cc2[nH]1)C(=O)COCC1CCCCO1. The number of amides is 1. The summed E-state index contributed by atoms with van der Waals surface area (Å²) in [6.07, 6.45) is 3.33. The molecule has 0 saturated carbocycles. The van der Waals surface area contributed by atoms with Crippen LogP contribution < -0.4 is 0 Å². The van der Waals surface area contributed by atoms with Crippen molar-refractivity contribution in [1.29, 1.82) is 0 Å². The Kier molecular flexibility index (Phi) is 5.42. The highest BCUT2D eigenvalue weighted by Crippen LogP contribution is 2.14. The largest absolute Gasteiger partial charge is 0.376 e. The Bertz CT molecular complexity index is 697. The number of ether oxygens (including phenoxy) is 2. The number of likely N-dealkylation sites (N-methyl/N-ethyl adjacent to an activating group) is 1. The maximum absolute atomic E-state index is 13.2. The zero-order valence-corrected chi connectivity index (χ0v) is 13.8. The lowest BCUT2D eigenvalue weighted by Crippen LogP contribution is -2.32. The van der Waals surface area contributed by atoms with E-state index in [1.165, 1.54) is 17.0 Å². The molecule has 2 heterocycles. The van der Waals surface area contributed by atoms with E-state index in [4.69, 9.17) is 9.47 Å². The Balaban J connectivity index is 1.47. The average Bonchev–Trinajstić information content (AvgIpc) is 2.97. The number of hydrogen-bond acceptors (Lipinski definition) is 4. The molecule has 1 N–H and O–H groups in total. The first-order valence-electron chi connectivity index (χ1n) is 8.19. The quantitative estimate of drug-likeness (QED) is 0.879. The second kappa shape index (κ2) is 7.72. The first-order chi connectivity index (χ1) is 11.6. The zero-order chi connectivity index (χ0) is 16.9. The predicted octanol–water partition coefficient (Wildman–Crippen LogP) is 2.25. The van der Waals surface area contributed by atoms with Crippen LogP contribution in [0.4, 0.5) is 4.39 Å². The van der Waals surface area contributed by atoms with Gasteiger partial charge in [0, 0.05) is 13.7 Å². The molecule has 1 unspecified atom stereocenters. The highest BCUT2D eigenvalue weighted by molar-refractivity contribution is 5.77. The van der Waals surface area contributed by atoms with Crippen LogP contribution in [-0.4, -0.2) is 53.7 Å². The molecule has 1 aliphatic heterocycles. The van der Waals surface area contributed by atoms with Crippen molar-refractivity contribution in [2.24, 2.45) is 0 Å². The summed E-state index contributed by atoms with van der Waals surface area (Å²) in [4.78, 5) is 21.0. The molecule has 3 rings (SSSR count). The van der Waals surface area contributed by atoms with Gasteiger partial charge in [0.05, 0.1) is 30.3 Å². The third kappa shape index (κ3) is 4.30. The van der Waals surface area contributed by atoms with Crippen molar-refractivity contribution in [3.63, 3.8) is 0 Å². The van der Waals surface area contributed by atoms with Crippen LogP contribution in [-0.2, 0) is 20.8 Å². The van der Waals surface area contributed by atoms with E-state index in [1.54, 1.807) is 13.1 Å². The molecular formula is C17H22FN3O3. The van der Waals surface area contributed by atoms with Gasteiger partial charge in [-0.25, -0.2) is 9.37 Å². The van der Waals surface area contributed by atoms with Crippen LogP contribution in [0, 0.1) is 5.82 Å². The minimum atomic E-state index is -0.319. The van der Waals surface area contributed by atoms with E-state index in [2.05, 4.69) is 9.97 Å². The zero-order valence-electron chi connectivity index (χ0n) is 13.8. The van der Waals surface area contributed by atoms with Crippen LogP contribution in [0.25, 0.3) is 11.0 Å². The molecule has 1 aliphatic rings. The van der Waals surface area contributed by atoms with Gasteiger partial charge < -0.3 is 19.4 Å². The Labute approximate surface area is 139 Å². The molecule has 0 spiro atoms. The van der Waals surface area contributed by atoms with Gasteiger partial charge in [-0.3, -0.25) is 4.79 Å². The lowest BCUT2D eigenvalue weighted by molar-refractivity contribution is -0.137. The topological polar surface area (TPSA) is 67.5 Å². The second-order valence-electron chi connectivity index (χ2n) is 6.10. The van der Waals surface area contributed by atoms with Crippen LogP contribution in [0.15, 0.2) is 18.2 Å². The molecule has 0 aliphatic carbocycles. The predicted molar refractivity (Wildman–Crippen MR) is 86.9 cm³/mol. The van der Waals surface area contributed by atoms with Crippen molar-refractivity contribution >= 4 is 16.9 Å². The summed E-state index contributed by atoms with van der Waals surface area (Å²) in [6.45, 7) is 1.56. The first kappa shape index (κ1) is 16.9. The first-order valence-corrected chi connectivity index (χ1v) is 8.19. The number of rotatable bonds is 6. The molecule has 1 atom stereocenters. The van der Waals surface area contributed by atoms with Crippen molar-refractivity contribution in [2.45, 2.75) is 31.9 Å². The molecule has 0 bridgehead atoms. The lowest BCUT2D eigenvalue weighted by atomic mass is 10.1. The fourth-order valence-corrected chi connectivity index (χ4v) is 2.75. The Morgan fingerprint density at radius 1 is 1.50 bits per heavy atom. The van der Waals surface area contributed by atoms with Gasteiger partial charge in [0.2, 0.25) is 5.91 Å². The summed E-state index contributed by atoms with van der Waals surface area (Å²) in [5.74, 6) is 0.167. The Morgan fingerprint density at radius 2 is 2.38 bits per heavy atom. The van der Waals surface area contributed by atoms with Crippen LogP contribution in [0.3, 0.4) is 0 Å². The molecule has 0 radical (unpaired) electrons. The van der Waals surface area contributed by atoms with Crippen LogP contribution in [0.1, 0.15) is 25.1 Å². The number of aromatic nitrogens is 2. The van der Waals surface area contributed by atoms with Crippen molar-refractivity contribution in [2.75, 3.05) is 26.9 Å². The maximum atomic E-state index is 13.2. The molecule has 1 aromatic carbocycles. The second-order valence-corrected chi connectivity index (χ2v) is 6.10. The van der Waals surface area contributed by atoms with Crippen molar-refractivity contribution in [3.05, 3.63) is 29.8 Å². The van der Waals surface area contributed by atoms with E-state index in [1.807, 2.05) is 0 Å². The fourth-order valence-electron chi connectivity index (χ4n) is 2.75. The Hall–Kier alpha value is -1.99. The number of carbonyl (C=O) groups excluding carboxylic acids is 1. The highest BCUT2D eigenvalue weighted by atomic mass is 19.1. The third-order valence-electron chi connectivity index (χ3n) is 4.11. The Morgan fingerprint density at radius 3 is 3.17 bits per heavy atom. The number of benzene rings is 1. The van der Waals surface area contributed by atoms with E-state index < -0.39 is 0 Å². The van der Waals surface area contributed by atoms with E-state index >= 15 is 0 Å². The van der Waals surface area contributed by atoms with Gasteiger partial charge in [-0.2, -0.15) is 0 Å². The van der Waals surface area contributed by atoms with Crippen LogP contribution in [0.5, 0.6) is 0 Å². The molecule has 1 saturated heterocycles. The number of fused-ring (bicyclic) bond motifs is 1. The van der Waals surface area contributed by atoms with Crippen LogP contribution >= 0.6 is 0 Å². The lowest BCUT2D eigenvalue weighted by Gasteiger charge is -2.22. The number of nitrogens with zero attached hydrogens (tertiary/aromatic N) is 2. The summed E-state index contributed by atoms with van der Waals surface area (Å²) >= 11 is 0. The molecule has 6 nitrogen and oxygen atoms in total. The van der Waals surface area contributed by atoms with Crippen LogP contribution in [0.2, 0.25) is 0 Å². The molecule has 1 amide bonds. The fraction of sp³-hybridized carbons (Fsp3) is 0.529. The normalized spacial score (nSPS) is 18.0. The smallest absolute Gasteiger partial charge is 0.248 e. The number of hydrogen-bond donors (Lipinski definition) is 1. The van der Waals surface area contributed by atoms with E-state index in [0.717, 1.165) is 25.9 Å². The number of H-pyrrole nitrogens is 1. The van der Waals surface area contributed by atoms with E-state index in [-0.39, 0.29) is 24.4 Å². The molecule has 7 heteroatoms. The molecule has 130 valence electrons. The number of nitrogens with one attached hydrogen (secondary N) is 1. The summed E-state index contributed by atoms with van der Waals surface area (Å²) in [6, 6.07) is 4.36. The summed E-state index contributed by atoms with van der Waals surface area (Å²) in [5, 5.41) is 0. The van der Waals surface area contributed by atoms with Gasteiger partial charge in [-0.1, -0.05) is 0 Å². The highest BCUT2D eigenvalue weighted by Gasteiger charge is 2.16. The van der Waals surface area contributed by atoms with Gasteiger partial charge >= 0.3 is 0 Å². The third-order valence-corrected chi connectivity index (χ3v) is 4.11. The number of halogens is 1. The minimum absolute atomic E-state index is 0.0191. The van der Waals surface area contributed by atoms with E-state index in [0.29, 0.717) is 30.0 Å². The number of carbonyl (C=O) groups is 1. The molecule has 2 aromatic rings. The monoisotopic (exact) mass is 335 g/mol. The van der Waals surface area contributed by atoms with Gasteiger partial charge in [-0.15, -0.1) is 0 Å². The minimum Gasteiger partial charge on any atom is -0.376 e. The average molecular weight is 335 g/mol. The maximum Gasteiger partial charge on any atom is 0.248 e. The number of imidazole rings is 1. The van der Waals surface area contributed by atoms with Gasteiger partial charge in [0.15, 0.2) is 0 Å². The summed E-state index contributed by atoms with van der Waals surface area (Å²) < 4.78 is 24.2. The molecular weight excluding hydrogens is 313 g/mol. The van der Waals surface area contributed by atoms with Gasteiger partial charge in [-0.05, 0) is 37.5 Å². The standard InChI is InChI=1S/C17H22FN3O3/c1-21(17(22)11-23-10-13-4-2-3-7-24-13)9-16-19-14-6-5-12(18)8-15(14)20-16/h5-6,8,13H,2-4,7,9-11H2,1H3,(H,19,20). The van der Waals surface area contributed by atoms with Crippen molar-refractivity contribution in [1.82, 2.24) is 14.9 Å². The van der Waals surface area contributed by atoms with E-state index in [9.17, 15) is 9.18 Å². The van der Waals surface area contributed by atoms with Crippen molar-refractivity contribution < 1.29 is 18.7 Å².